The lowest BCUT2D eigenvalue weighted by molar-refractivity contribution is -0.120. The first kappa shape index (κ1) is 19.6. The molecular formula is C21H27NO4. The van der Waals surface area contributed by atoms with Crippen molar-refractivity contribution in [2.75, 3.05) is 27.4 Å². The molecule has 2 aromatic rings. The van der Waals surface area contributed by atoms with Crippen LogP contribution in [0.5, 0.6) is 17.2 Å². The van der Waals surface area contributed by atoms with E-state index in [9.17, 15) is 4.79 Å². The van der Waals surface area contributed by atoms with Crippen LogP contribution >= 0.6 is 0 Å². The lowest BCUT2D eigenvalue weighted by atomic mass is 10.1. The maximum atomic E-state index is 12.1. The molecule has 0 fully saturated rings. The molecule has 0 radical (unpaired) electrons. The van der Waals surface area contributed by atoms with Crippen molar-refractivity contribution in [3.63, 3.8) is 0 Å². The maximum Gasteiger partial charge on any atom is 0.224 e. The summed E-state index contributed by atoms with van der Waals surface area (Å²) < 4.78 is 16.2. The quantitative estimate of drug-likeness (QED) is 0.661. The molecule has 0 saturated carbocycles. The molecule has 140 valence electrons. The first-order valence-electron chi connectivity index (χ1n) is 8.79. The van der Waals surface area contributed by atoms with Crippen molar-refractivity contribution in [1.29, 1.82) is 0 Å². The molecule has 1 N–H and O–H groups in total. The Hall–Kier alpha value is -2.69. The molecule has 0 aliphatic rings. The first-order valence-corrected chi connectivity index (χ1v) is 8.79. The third kappa shape index (κ3) is 6.31. The molecule has 0 bridgehead atoms. The number of carbonyl (C=O) groups is 1. The molecule has 1 amide bonds. The molecule has 0 atom stereocenters. The second-order valence-corrected chi connectivity index (χ2v) is 6.07. The minimum absolute atomic E-state index is 0.0315. The number of hydrogen-bond donors (Lipinski definition) is 1. The van der Waals surface area contributed by atoms with Crippen LogP contribution in [0, 0.1) is 6.92 Å². The number of unbranched alkanes of at least 4 members (excludes halogenated alkanes) is 1. The third-order valence-electron chi connectivity index (χ3n) is 4.02. The van der Waals surface area contributed by atoms with E-state index >= 15 is 0 Å². The number of aryl methyl sites for hydroxylation is 1. The number of nitrogens with one attached hydrogen (secondary N) is 1. The fourth-order valence-corrected chi connectivity index (χ4v) is 2.53. The lowest BCUT2D eigenvalue weighted by Crippen LogP contribution is -2.26. The highest BCUT2D eigenvalue weighted by atomic mass is 16.5. The predicted octanol–water partition coefficient (Wildman–Crippen LogP) is 3.53. The summed E-state index contributed by atoms with van der Waals surface area (Å²) in [6, 6.07) is 13.5. The van der Waals surface area contributed by atoms with Gasteiger partial charge in [0.2, 0.25) is 5.91 Å². The van der Waals surface area contributed by atoms with Gasteiger partial charge in [0.05, 0.1) is 27.2 Å². The zero-order chi connectivity index (χ0) is 18.8. The lowest BCUT2D eigenvalue weighted by Gasteiger charge is -2.11. The van der Waals surface area contributed by atoms with Gasteiger partial charge in [-0.2, -0.15) is 0 Å². The van der Waals surface area contributed by atoms with E-state index in [1.54, 1.807) is 14.2 Å². The first-order chi connectivity index (χ1) is 12.6. The third-order valence-corrected chi connectivity index (χ3v) is 4.02. The van der Waals surface area contributed by atoms with E-state index in [1.165, 1.54) is 5.56 Å². The van der Waals surface area contributed by atoms with E-state index in [0.717, 1.165) is 24.2 Å². The number of hydrogen-bond acceptors (Lipinski definition) is 4. The van der Waals surface area contributed by atoms with Crippen LogP contribution in [0.1, 0.15) is 24.0 Å². The fourth-order valence-electron chi connectivity index (χ4n) is 2.53. The Morgan fingerprint density at radius 1 is 0.962 bits per heavy atom. The molecular weight excluding hydrogens is 330 g/mol. The highest BCUT2D eigenvalue weighted by molar-refractivity contribution is 5.79. The number of amides is 1. The van der Waals surface area contributed by atoms with Crippen molar-refractivity contribution in [3.8, 4) is 17.2 Å². The smallest absolute Gasteiger partial charge is 0.224 e. The van der Waals surface area contributed by atoms with Gasteiger partial charge in [-0.25, -0.2) is 0 Å². The minimum atomic E-state index is -0.0315. The van der Waals surface area contributed by atoms with Crippen LogP contribution in [0.4, 0.5) is 0 Å². The van der Waals surface area contributed by atoms with Crippen LogP contribution < -0.4 is 19.5 Å². The molecule has 0 aliphatic carbocycles. The van der Waals surface area contributed by atoms with Crippen molar-refractivity contribution >= 4 is 5.91 Å². The van der Waals surface area contributed by atoms with E-state index in [1.807, 2.05) is 49.4 Å². The largest absolute Gasteiger partial charge is 0.497 e. The highest BCUT2D eigenvalue weighted by Crippen LogP contribution is 2.24. The van der Waals surface area contributed by atoms with Gasteiger partial charge in [0.15, 0.2) is 0 Å². The molecule has 0 heterocycles. The number of methoxy groups -OCH3 is 2. The van der Waals surface area contributed by atoms with Crippen LogP contribution in [-0.2, 0) is 11.2 Å². The van der Waals surface area contributed by atoms with Gasteiger partial charge in [-0.3, -0.25) is 4.79 Å². The Labute approximate surface area is 155 Å². The van der Waals surface area contributed by atoms with E-state index in [-0.39, 0.29) is 12.3 Å². The molecule has 0 unspecified atom stereocenters. The number of rotatable bonds is 10. The maximum absolute atomic E-state index is 12.1. The average molecular weight is 357 g/mol. The van der Waals surface area contributed by atoms with Gasteiger partial charge in [0, 0.05) is 12.1 Å². The molecule has 0 spiro atoms. The second kappa shape index (κ2) is 10.3. The van der Waals surface area contributed by atoms with Crippen LogP contribution in [0.2, 0.25) is 0 Å². The summed E-state index contributed by atoms with van der Waals surface area (Å²) >= 11 is 0. The SMILES string of the molecule is COc1ccc(OC)c(CC(=O)NCCCCOc2ccc(C)cc2)c1. The van der Waals surface area contributed by atoms with E-state index in [0.29, 0.717) is 24.7 Å². The Balaban J connectivity index is 1.66. The Morgan fingerprint density at radius 2 is 1.69 bits per heavy atom. The summed E-state index contributed by atoms with van der Waals surface area (Å²) in [6.07, 6.45) is 2.02. The average Bonchev–Trinajstić information content (AvgIpc) is 2.65. The van der Waals surface area contributed by atoms with Crippen molar-refractivity contribution in [2.45, 2.75) is 26.2 Å². The van der Waals surface area contributed by atoms with Crippen molar-refractivity contribution in [2.24, 2.45) is 0 Å². The summed E-state index contributed by atoms with van der Waals surface area (Å²) in [7, 11) is 3.20. The Bertz CT molecular complexity index is 698. The van der Waals surface area contributed by atoms with Gasteiger partial charge in [-0.1, -0.05) is 17.7 Å². The summed E-state index contributed by atoms with van der Waals surface area (Å²) in [5.41, 5.74) is 2.03. The zero-order valence-corrected chi connectivity index (χ0v) is 15.7. The topological polar surface area (TPSA) is 56.8 Å². The van der Waals surface area contributed by atoms with Gasteiger partial charge in [-0.05, 0) is 50.1 Å². The molecule has 2 aromatic carbocycles. The van der Waals surface area contributed by atoms with Gasteiger partial charge >= 0.3 is 0 Å². The predicted molar refractivity (Wildman–Crippen MR) is 102 cm³/mol. The minimum Gasteiger partial charge on any atom is -0.497 e. The molecule has 5 heteroatoms. The molecule has 0 aliphatic heterocycles. The van der Waals surface area contributed by atoms with Crippen LogP contribution in [0.25, 0.3) is 0 Å². The molecule has 26 heavy (non-hydrogen) atoms. The fraction of sp³-hybridized carbons (Fsp3) is 0.381. The summed E-state index contributed by atoms with van der Waals surface area (Å²) in [5, 5.41) is 2.94. The van der Waals surface area contributed by atoms with Gasteiger partial charge in [0.25, 0.3) is 0 Å². The van der Waals surface area contributed by atoms with Crippen LogP contribution in [0.15, 0.2) is 42.5 Å². The van der Waals surface area contributed by atoms with E-state index in [4.69, 9.17) is 14.2 Å². The van der Waals surface area contributed by atoms with Crippen molar-refractivity contribution in [3.05, 3.63) is 53.6 Å². The summed E-state index contributed by atoms with van der Waals surface area (Å²) in [6.45, 7) is 3.32. The van der Waals surface area contributed by atoms with Crippen molar-refractivity contribution in [1.82, 2.24) is 5.32 Å². The molecule has 0 saturated heterocycles. The van der Waals surface area contributed by atoms with Gasteiger partial charge in [0.1, 0.15) is 17.2 Å². The van der Waals surface area contributed by atoms with Crippen molar-refractivity contribution < 1.29 is 19.0 Å². The summed E-state index contributed by atoms with van der Waals surface area (Å²) in [5.74, 6) is 2.25. The molecule has 0 aromatic heterocycles. The highest BCUT2D eigenvalue weighted by Gasteiger charge is 2.10. The zero-order valence-electron chi connectivity index (χ0n) is 15.7. The Morgan fingerprint density at radius 3 is 2.38 bits per heavy atom. The van der Waals surface area contributed by atoms with Gasteiger partial charge in [-0.15, -0.1) is 0 Å². The van der Waals surface area contributed by atoms with E-state index in [2.05, 4.69) is 5.32 Å². The van der Waals surface area contributed by atoms with Crippen LogP contribution in [-0.4, -0.2) is 33.3 Å². The second-order valence-electron chi connectivity index (χ2n) is 6.07. The van der Waals surface area contributed by atoms with Gasteiger partial charge < -0.3 is 19.5 Å². The normalized spacial score (nSPS) is 10.3. The molecule has 2 rings (SSSR count). The summed E-state index contributed by atoms with van der Waals surface area (Å²) in [4.78, 5) is 12.1. The van der Waals surface area contributed by atoms with Crippen LogP contribution in [0.3, 0.4) is 0 Å². The standard InChI is InChI=1S/C21H27NO4/c1-16-6-8-18(9-7-16)26-13-5-4-12-22-21(23)15-17-14-19(24-2)10-11-20(17)25-3/h6-11,14H,4-5,12-13,15H2,1-3H3,(H,22,23). The molecule has 5 nitrogen and oxygen atoms in total. The number of ether oxygens (including phenoxy) is 3. The Kier molecular flexibility index (Phi) is 7.80. The number of benzene rings is 2. The van der Waals surface area contributed by atoms with E-state index < -0.39 is 0 Å². The monoisotopic (exact) mass is 357 g/mol. The number of carbonyl (C=O) groups excluding carboxylic acids is 1.